The Morgan fingerprint density at radius 2 is 2.12 bits per heavy atom. The lowest BCUT2D eigenvalue weighted by Gasteiger charge is -2.12. The van der Waals surface area contributed by atoms with Crippen molar-refractivity contribution >= 4 is 17.2 Å². The van der Waals surface area contributed by atoms with E-state index in [9.17, 15) is 0 Å². The molecular formula is C13H17N3S. The van der Waals surface area contributed by atoms with Crippen molar-refractivity contribution in [2.45, 2.75) is 27.2 Å². The first kappa shape index (κ1) is 12.0. The summed E-state index contributed by atoms with van der Waals surface area (Å²) < 4.78 is 0. The molecule has 17 heavy (non-hydrogen) atoms. The molecule has 0 aliphatic rings. The number of thiophene rings is 1. The van der Waals surface area contributed by atoms with Crippen molar-refractivity contribution in [2.24, 2.45) is 0 Å². The van der Waals surface area contributed by atoms with Crippen LogP contribution in [-0.2, 0) is 6.42 Å². The summed E-state index contributed by atoms with van der Waals surface area (Å²) in [5.74, 6) is 0.964. The Bertz CT molecular complexity index is 505. The van der Waals surface area contributed by atoms with Crippen molar-refractivity contribution in [3.63, 3.8) is 0 Å². The van der Waals surface area contributed by atoms with Crippen LogP contribution in [0.5, 0.6) is 0 Å². The Hall–Kier alpha value is -1.42. The largest absolute Gasteiger partial charge is 0.370 e. The zero-order chi connectivity index (χ0) is 12.3. The maximum Gasteiger partial charge on any atom is 0.133 e. The van der Waals surface area contributed by atoms with Crippen LogP contribution in [-0.4, -0.2) is 16.5 Å². The quantitative estimate of drug-likeness (QED) is 0.898. The molecule has 0 amide bonds. The second-order valence-electron chi connectivity index (χ2n) is 3.82. The lowest BCUT2D eigenvalue weighted by Crippen LogP contribution is -2.05. The molecule has 2 aromatic rings. The van der Waals surface area contributed by atoms with Crippen LogP contribution in [0.4, 0.5) is 5.82 Å². The van der Waals surface area contributed by atoms with E-state index in [-0.39, 0.29) is 0 Å². The van der Waals surface area contributed by atoms with E-state index in [2.05, 4.69) is 47.5 Å². The summed E-state index contributed by atoms with van der Waals surface area (Å²) in [6.07, 6.45) is 2.58. The minimum absolute atomic E-state index is 0.881. The second kappa shape index (κ2) is 5.27. The van der Waals surface area contributed by atoms with Crippen LogP contribution < -0.4 is 5.32 Å². The van der Waals surface area contributed by atoms with Crippen LogP contribution in [0.1, 0.15) is 24.3 Å². The molecular weight excluding hydrogens is 230 g/mol. The predicted octanol–water partition coefficient (Wildman–Crippen LogP) is 3.51. The molecule has 0 saturated heterocycles. The van der Waals surface area contributed by atoms with E-state index in [1.807, 2.05) is 0 Å². The summed E-state index contributed by atoms with van der Waals surface area (Å²) in [6, 6.07) is 2.14. The Kier molecular flexibility index (Phi) is 3.74. The lowest BCUT2D eigenvalue weighted by molar-refractivity contribution is 1.03. The van der Waals surface area contributed by atoms with Crippen molar-refractivity contribution < 1.29 is 0 Å². The summed E-state index contributed by atoms with van der Waals surface area (Å²) in [7, 11) is 0. The van der Waals surface area contributed by atoms with Crippen LogP contribution >= 0.6 is 11.3 Å². The van der Waals surface area contributed by atoms with Gasteiger partial charge in [-0.15, -0.1) is 11.3 Å². The van der Waals surface area contributed by atoms with E-state index in [0.29, 0.717) is 0 Å². The van der Waals surface area contributed by atoms with Gasteiger partial charge in [-0.05, 0) is 31.7 Å². The molecule has 4 heteroatoms. The number of aryl methyl sites for hydroxylation is 1. The predicted molar refractivity (Wildman–Crippen MR) is 73.6 cm³/mol. The highest BCUT2D eigenvalue weighted by atomic mass is 32.1. The molecule has 0 unspecified atom stereocenters. The van der Waals surface area contributed by atoms with Gasteiger partial charge in [-0.2, -0.15) is 0 Å². The van der Waals surface area contributed by atoms with Crippen LogP contribution in [0.15, 0.2) is 17.8 Å². The standard InChI is InChI=1S/C13H17N3S/c1-4-10-12(11-6-7-17-9(11)3)15-8-16-13(10)14-5-2/h6-8H,4-5H2,1-3H3,(H,14,15,16). The van der Waals surface area contributed by atoms with Gasteiger partial charge >= 0.3 is 0 Å². The van der Waals surface area contributed by atoms with Crippen LogP contribution in [0.2, 0.25) is 0 Å². The maximum atomic E-state index is 4.45. The van der Waals surface area contributed by atoms with E-state index < -0.39 is 0 Å². The van der Waals surface area contributed by atoms with Crippen LogP contribution in [0, 0.1) is 6.92 Å². The fraction of sp³-hybridized carbons (Fsp3) is 0.385. The van der Waals surface area contributed by atoms with E-state index in [0.717, 1.165) is 24.5 Å². The zero-order valence-electron chi connectivity index (χ0n) is 10.4. The van der Waals surface area contributed by atoms with E-state index in [1.54, 1.807) is 17.7 Å². The molecule has 2 heterocycles. The van der Waals surface area contributed by atoms with Gasteiger partial charge in [0, 0.05) is 22.5 Å². The van der Waals surface area contributed by atoms with E-state index >= 15 is 0 Å². The molecule has 0 saturated carbocycles. The van der Waals surface area contributed by atoms with Gasteiger partial charge in [0.2, 0.25) is 0 Å². The highest BCUT2D eigenvalue weighted by Gasteiger charge is 2.13. The molecule has 0 bridgehead atoms. The first-order valence-electron chi connectivity index (χ1n) is 5.90. The fourth-order valence-electron chi connectivity index (χ4n) is 1.93. The number of nitrogens with one attached hydrogen (secondary N) is 1. The van der Waals surface area contributed by atoms with Gasteiger partial charge in [0.25, 0.3) is 0 Å². The number of hydrogen-bond donors (Lipinski definition) is 1. The van der Waals surface area contributed by atoms with Gasteiger partial charge in [0.1, 0.15) is 12.1 Å². The third-order valence-electron chi connectivity index (χ3n) is 2.76. The van der Waals surface area contributed by atoms with Crippen molar-refractivity contribution in [1.82, 2.24) is 9.97 Å². The number of aromatic nitrogens is 2. The first-order chi connectivity index (χ1) is 8.27. The molecule has 0 radical (unpaired) electrons. The van der Waals surface area contributed by atoms with Gasteiger partial charge in [-0.1, -0.05) is 6.92 Å². The smallest absolute Gasteiger partial charge is 0.133 e. The first-order valence-corrected chi connectivity index (χ1v) is 6.78. The molecule has 0 spiro atoms. The second-order valence-corrected chi connectivity index (χ2v) is 4.94. The number of rotatable bonds is 4. The van der Waals surface area contributed by atoms with Gasteiger partial charge < -0.3 is 5.32 Å². The summed E-state index contributed by atoms with van der Waals surface area (Å²) in [4.78, 5) is 10.1. The molecule has 3 nitrogen and oxygen atoms in total. The molecule has 1 N–H and O–H groups in total. The zero-order valence-corrected chi connectivity index (χ0v) is 11.3. The summed E-state index contributed by atoms with van der Waals surface area (Å²) in [5, 5.41) is 5.41. The number of anilines is 1. The molecule has 90 valence electrons. The maximum absolute atomic E-state index is 4.45. The van der Waals surface area contributed by atoms with Crippen LogP contribution in [0.3, 0.4) is 0 Å². The Balaban J connectivity index is 2.54. The van der Waals surface area contributed by atoms with E-state index in [1.165, 1.54) is 16.0 Å². The third-order valence-corrected chi connectivity index (χ3v) is 3.60. The summed E-state index contributed by atoms with van der Waals surface area (Å²) >= 11 is 1.76. The molecule has 2 aromatic heterocycles. The van der Waals surface area contributed by atoms with Crippen molar-refractivity contribution in [1.29, 1.82) is 0 Å². The molecule has 0 aromatic carbocycles. The highest BCUT2D eigenvalue weighted by molar-refractivity contribution is 7.10. The normalized spacial score (nSPS) is 10.5. The Morgan fingerprint density at radius 3 is 2.71 bits per heavy atom. The topological polar surface area (TPSA) is 37.8 Å². The average Bonchev–Trinajstić information content (AvgIpc) is 2.75. The fourth-order valence-corrected chi connectivity index (χ4v) is 2.63. The van der Waals surface area contributed by atoms with Crippen LogP contribution in [0.25, 0.3) is 11.3 Å². The average molecular weight is 247 g/mol. The Morgan fingerprint density at radius 1 is 1.29 bits per heavy atom. The van der Waals surface area contributed by atoms with Gasteiger partial charge in [-0.3, -0.25) is 0 Å². The molecule has 0 fully saturated rings. The lowest BCUT2D eigenvalue weighted by atomic mass is 10.1. The molecule has 0 atom stereocenters. The summed E-state index contributed by atoms with van der Waals surface area (Å²) in [6.45, 7) is 7.24. The highest BCUT2D eigenvalue weighted by Crippen LogP contribution is 2.31. The molecule has 0 aliphatic carbocycles. The van der Waals surface area contributed by atoms with Gasteiger partial charge in [-0.25, -0.2) is 9.97 Å². The molecule has 0 aliphatic heterocycles. The monoisotopic (exact) mass is 247 g/mol. The third kappa shape index (κ3) is 2.31. The van der Waals surface area contributed by atoms with Crippen molar-refractivity contribution in [3.8, 4) is 11.3 Å². The van der Waals surface area contributed by atoms with E-state index in [4.69, 9.17) is 0 Å². The van der Waals surface area contributed by atoms with Crippen molar-refractivity contribution in [2.75, 3.05) is 11.9 Å². The number of hydrogen-bond acceptors (Lipinski definition) is 4. The molecule has 2 rings (SSSR count). The van der Waals surface area contributed by atoms with Crippen molar-refractivity contribution in [3.05, 3.63) is 28.2 Å². The Labute approximate surface area is 106 Å². The van der Waals surface area contributed by atoms with Gasteiger partial charge in [0.15, 0.2) is 0 Å². The summed E-state index contributed by atoms with van der Waals surface area (Å²) in [5.41, 5.74) is 3.50. The van der Waals surface area contributed by atoms with Gasteiger partial charge in [0.05, 0.1) is 5.69 Å². The minimum Gasteiger partial charge on any atom is -0.370 e. The number of nitrogens with zero attached hydrogens (tertiary/aromatic N) is 2. The SMILES string of the molecule is CCNc1ncnc(-c2ccsc2C)c1CC. The minimum atomic E-state index is 0.881.